The fourth-order valence-electron chi connectivity index (χ4n) is 2.44. The zero-order chi connectivity index (χ0) is 13.1. The number of nitrogens with zero attached hydrogens (tertiary/aromatic N) is 1. The van der Waals surface area contributed by atoms with Gasteiger partial charge in [-0.1, -0.05) is 6.42 Å². The Hall–Kier alpha value is -1.16. The van der Waals surface area contributed by atoms with Crippen LogP contribution in [0.2, 0.25) is 0 Å². The van der Waals surface area contributed by atoms with Gasteiger partial charge in [0.2, 0.25) is 0 Å². The molecule has 0 heterocycles. The molecule has 1 fully saturated rings. The minimum atomic E-state index is -0.470. The molecule has 0 saturated heterocycles. The largest absolute Gasteiger partial charge is 0.370 e. The second-order valence-electron chi connectivity index (χ2n) is 5.12. The van der Waals surface area contributed by atoms with Crippen LogP contribution in [0, 0.1) is 17.6 Å². The Bertz CT molecular complexity index is 393. The zero-order valence-electron chi connectivity index (χ0n) is 11.0. The predicted octanol–water partition coefficient (Wildman–Crippen LogP) is 2.92. The van der Waals surface area contributed by atoms with Crippen molar-refractivity contribution in [1.29, 1.82) is 0 Å². The third kappa shape index (κ3) is 2.80. The van der Waals surface area contributed by atoms with E-state index >= 15 is 0 Å². The lowest BCUT2D eigenvalue weighted by molar-refractivity contribution is 0.320. The van der Waals surface area contributed by atoms with E-state index < -0.39 is 11.6 Å². The number of halogens is 2. The van der Waals surface area contributed by atoms with E-state index in [-0.39, 0.29) is 5.69 Å². The number of benzene rings is 1. The molecular formula is C14H20F2N2. The topological polar surface area (TPSA) is 15.3 Å². The standard InChI is InChI=1S/C14H20F2N2/c1-17-8-11-6-12(15)14(13(16)7-11)18(2)9-10-4-3-5-10/h6-7,10,17H,3-5,8-9H2,1-2H3. The van der Waals surface area contributed by atoms with Crippen molar-refractivity contribution < 1.29 is 8.78 Å². The first kappa shape index (κ1) is 13.3. The van der Waals surface area contributed by atoms with Crippen LogP contribution in [0.3, 0.4) is 0 Å². The van der Waals surface area contributed by atoms with E-state index in [9.17, 15) is 8.78 Å². The summed E-state index contributed by atoms with van der Waals surface area (Å²) in [5.41, 5.74) is 0.732. The summed E-state index contributed by atoms with van der Waals surface area (Å²) in [4.78, 5) is 1.71. The van der Waals surface area contributed by atoms with Crippen molar-refractivity contribution in [3.8, 4) is 0 Å². The summed E-state index contributed by atoms with van der Waals surface area (Å²) in [6, 6.07) is 2.82. The number of rotatable bonds is 5. The summed E-state index contributed by atoms with van der Waals surface area (Å²) in [7, 11) is 3.52. The molecular weight excluding hydrogens is 234 g/mol. The molecule has 0 unspecified atom stereocenters. The van der Waals surface area contributed by atoms with Crippen LogP contribution in [0.5, 0.6) is 0 Å². The van der Waals surface area contributed by atoms with Crippen LogP contribution in [-0.2, 0) is 6.54 Å². The Morgan fingerprint density at radius 3 is 2.33 bits per heavy atom. The highest BCUT2D eigenvalue weighted by atomic mass is 19.1. The Balaban J connectivity index is 2.15. The maximum atomic E-state index is 13.9. The molecule has 4 heteroatoms. The molecule has 0 aliphatic heterocycles. The summed E-state index contributed by atoms with van der Waals surface area (Å²) < 4.78 is 27.9. The van der Waals surface area contributed by atoms with Gasteiger partial charge in [0.1, 0.15) is 17.3 Å². The average Bonchev–Trinajstić information content (AvgIpc) is 2.23. The fraction of sp³-hybridized carbons (Fsp3) is 0.571. The van der Waals surface area contributed by atoms with Gasteiger partial charge >= 0.3 is 0 Å². The van der Waals surface area contributed by atoms with Gasteiger partial charge in [-0.25, -0.2) is 8.78 Å². The van der Waals surface area contributed by atoms with Crippen LogP contribution in [0.4, 0.5) is 14.5 Å². The normalized spacial score (nSPS) is 15.6. The zero-order valence-corrected chi connectivity index (χ0v) is 11.0. The van der Waals surface area contributed by atoms with Crippen LogP contribution in [-0.4, -0.2) is 20.6 Å². The molecule has 0 bridgehead atoms. The minimum absolute atomic E-state index is 0.0988. The molecule has 0 aromatic heterocycles. The van der Waals surface area contributed by atoms with Crippen molar-refractivity contribution in [2.24, 2.45) is 5.92 Å². The van der Waals surface area contributed by atoms with E-state index in [0.717, 1.165) is 6.54 Å². The Morgan fingerprint density at radius 2 is 1.89 bits per heavy atom. The summed E-state index contributed by atoms with van der Waals surface area (Å²) in [5.74, 6) is -0.352. The molecule has 1 aromatic carbocycles. The first-order valence-electron chi connectivity index (χ1n) is 6.45. The van der Waals surface area contributed by atoms with Crippen LogP contribution in [0.15, 0.2) is 12.1 Å². The monoisotopic (exact) mass is 254 g/mol. The maximum Gasteiger partial charge on any atom is 0.149 e. The second kappa shape index (κ2) is 5.65. The van der Waals surface area contributed by atoms with Crippen molar-refractivity contribution in [2.45, 2.75) is 25.8 Å². The van der Waals surface area contributed by atoms with Crippen LogP contribution in [0.25, 0.3) is 0 Å². The summed E-state index contributed by atoms with van der Waals surface area (Å²) in [6.45, 7) is 1.21. The SMILES string of the molecule is CNCc1cc(F)c(N(C)CC2CCC2)c(F)c1. The van der Waals surface area contributed by atoms with Gasteiger partial charge in [-0.15, -0.1) is 0 Å². The highest BCUT2D eigenvalue weighted by Crippen LogP contribution is 2.30. The van der Waals surface area contributed by atoms with E-state index in [2.05, 4.69) is 5.32 Å². The van der Waals surface area contributed by atoms with Crippen molar-refractivity contribution in [3.05, 3.63) is 29.3 Å². The molecule has 100 valence electrons. The number of anilines is 1. The third-order valence-corrected chi connectivity index (χ3v) is 3.60. The van der Waals surface area contributed by atoms with Gasteiger partial charge in [-0.2, -0.15) is 0 Å². The van der Waals surface area contributed by atoms with Crippen LogP contribution < -0.4 is 10.2 Å². The minimum Gasteiger partial charge on any atom is -0.370 e. The van der Waals surface area contributed by atoms with E-state index in [1.165, 1.54) is 31.4 Å². The second-order valence-corrected chi connectivity index (χ2v) is 5.12. The summed E-state index contributed by atoms with van der Waals surface area (Å²) >= 11 is 0. The smallest absolute Gasteiger partial charge is 0.149 e. The molecule has 2 rings (SSSR count). The first-order chi connectivity index (χ1) is 8.61. The van der Waals surface area contributed by atoms with Gasteiger partial charge in [-0.3, -0.25) is 0 Å². The lowest BCUT2D eigenvalue weighted by atomic mass is 9.85. The Morgan fingerprint density at radius 1 is 1.28 bits per heavy atom. The van der Waals surface area contributed by atoms with E-state index in [1.54, 1.807) is 19.0 Å². The molecule has 1 aliphatic carbocycles. The number of hydrogen-bond acceptors (Lipinski definition) is 2. The van der Waals surface area contributed by atoms with Crippen LogP contribution in [0.1, 0.15) is 24.8 Å². The average molecular weight is 254 g/mol. The Labute approximate surface area is 107 Å². The molecule has 0 radical (unpaired) electrons. The quantitative estimate of drug-likeness (QED) is 0.869. The van der Waals surface area contributed by atoms with E-state index in [0.29, 0.717) is 18.0 Å². The molecule has 1 N–H and O–H groups in total. The highest BCUT2D eigenvalue weighted by molar-refractivity contribution is 5.50. The van der Waals surface area contributed by atoms with Gasteiger partial charge in [0.15, 0.2) is 0 Å². The Kier molecular flexibility index (Phi) is 4.17. The molecule has 18 heavy (non-hydrogen) atoms. The van der Waals surface area contributed by atoms with Gasteiger partial charge in [-0.05, 0) is 43.5 Å². The van der Waals surface area contributed by atoms with Crippen molar-refractivity contribution in [2.75, 3.05) is 25.5 Å². The predicted molar refractivity (Wildman–Crippen MR) is 69.7 cm³/mol. The third-order valence-electron chi connectivity index (χ3n) is 3.60. The maximum absolute atomic E-state index is 13.9. The molecule has 2 nitrogen and oxygen atoms in total. The van der Waals surface area contributed by atoms with E-state index in [1.807, 2.05) is 0 Å². The fourth-order valence-corrected chi connectivity index (χ4v) is 2.44. The van der Waals surface area contributed by atoms with Gasteiger partial charge in [0, 0.05) is 20.1 Å². The lowest BCUT2D eigenvalue weighted by Gasteiger charge is -2.31. The molecule has 1 aromatic rings. The van der Waals surface area contributed by atoms with Crippen LogP contribution >= 0.6 is 0 Å². The first-order valence-corrected chi connectivity index (χ1v) is 6.45. The van der Waals surface area contributed by atoms with Gasteiger partial charge in [0.25, 0.3) is 0 Å². The summed E-state index contributed by atoms with van der Waals surface area (Å²) in [5, 5.41) is 2.89. The van der Waals surface area contributed by atoms with Crippen molar-refractivity contribution in [1.82, 2.24) is 5.32 Å². The molecule has 0 amide bonds. The summed E-state index contributed by atoms with van der Waals surface area (Å²) in [6.07, 6.45) is 3.58. The van der Waals surface area contributed by atoms with Gasteiger partial charge < -0.3 is 10.2 Å². The molecule has 1 saturated carbocycles. The van der Waals surface area contributed by atoms with E-state index in [4.69, 9.17) is 0 Å². The highest BCUT2D eigenvalue weighted by Gasteiger charge is 2.22. The molecule has 1 aliphatic rings. The lowest BCUT2D eigenvalue weighted by Crippen LogP contribution is -2.30. The molecule has 0 atom stereocenters. The molecule has 0 spiro atoms. The number of hydrogen-bond donors (Lipinski definition) is 1. The number of nitrogens with one attached hydrogen (secondary N) is 1. The van der Waals surface area contributed by atoms with Crippen molar-refractivity contribution in [3.63, 3.8) is 0 Å². The van der Waals surface area contributed by atoms with Crippen molar-refractivity contribution >= 4 is 5.69 Å². The van der Waals surface area contributed by atoms with Gasteiger partial charge in [0.05, 0.1) is 0 Å².